The van der Waals surface area contributed by atoms with Crippen molar-refractivity contribution in [2.75, 3.05) is 0 Å². The molecule has 5 heteroatoms. The van der Waals surface area contributed by atoms with Crippen LogP contribution in [-0.2, 0) is 10.3 Å². The van der Waals surface area contributed by atoms with Gasteiger partial charge in [0.15, 0.2) is 0 Å². The van der Waals surface area contributed by atoms with Crippen LogP contribution in [0.25, 0.3) is 0 Å². The monoisotopic (exact) mass is 372 g/mol. The minimum absolute atomic E-state index is 0.0157. The average Bonchev–Trinajstić information content (AvgIpc) is 2.93. The zero-order valence-corrected chi connectivity index (χ0v) is 16.9. The van der Waals surface area contributed by atoms with Gasteiger partial charge in [-0.3, -0.25) is 4.79 Å². The van der Waals surface area contributed by atoms with Crippen molar-refractivity contribution in [1.29, 1.82) is 0 Å². The topological polar surface area (TPSA) is 44.1 Å². The summed E-state index contributed by atoms with van der Waals surface area (Å²) in [6, 6.07) is 10.1. The van der Waals surface area contributed by atoms with E-state index in [1.165, 1.54) is 6.42 Å². The normalized spacial score (nSPS) is 15.8. The summed E-state index contributed by atoms with van der Waals surface area (Å²) >= 11 is 1.61. The molecule has 0 aliphatic heterocycles. The van der Waals surface area contributed by atoms with Crippen LogP contribution < -0.4 is 4.74 Å². The molecule has 4 nitrogen and oxygen atoms in total. The highest BCUT2D eigenvalue weighted by Gasteiger charge is 2.30. The molecule has 0 saturated heterocycles. The third-order valence-electron chi connectivity index (χ3n) is 4.70. The lowest BCUT2D eigenvalue weighted by Gasteiger charge is -2.24. The molecule has 2 aromatic rings. The maximum absolute atomic E-state index is 12.8. The van der Waals surface area contributed by atoms with Crippen LogP contribution in [0, 0.1) is 12.8 Å². The molecule has 0 spiro atoms. The minimum Gasteiger partial charge on any atom is -0.406 e. The highest BCUT2D eigenvalue weighted by molar-refractivity contribution is 7.99. The molecule has 0 bridgehead atoms. The largest absolute Gasteiger partial charge is 0.406 e. The Morgan fingerprint density at radius 1 is 1.15 bits per heavy atom. The fraction of sp³-hybridized carbons (Fsp3) is 0.524. The van der Waals surface area contributed by atoms with Crippen LogP contribution in [0.5, 0.6) is 5.88 Å². The van der Waals surface area contributed by atoms with E-state index in [0.717, 1.165) is 41.2 Å². The highest BCUT2D eigenvalue weighted by atomic mass is 32.2. The molecule has 1 aliphatic rings. The van der Waals surface area contributed by atoms with Crippen LogP contribution in [0.2, 0.25) is 0 Å². The number of benzene rings is 1. The summed E-state index contributed by atoms with van der Waals surface area (Å²) < 4.78 is 7.83. The number of ether oxygens (including phenoxy) is 1. The van der Waals surface area contributed by atoms with Crippen LogP contribution in [0.1, 0.15) is 58.6 Å². The van der Waals surface area contributed by atoms with Crippen molar-refractivity contribution in [2.24, 2.45) is 5.92 Å². The third kappa shape index (κ3) is 4.32. The number of rotatable bonds is 4. The van der Waals surface area contributed by atoms with Crippen LogP contribution in [0.3, 0.4) is 0 Å². The lowest BCUT2D eigenvalue weighted by atomic mass is 9.89. The molecule has 1 heterocycles. The van der Waals surface area contributed by atoms with Crippen LogP contribution in [0.15, 0.2) is 40.1 Å². The number of esters is 1. The Bertz CT molecular complexity index is 756. The van der Waals surface area contributed by atoms with Crippen molar-refractivity contribution < 1.29 is 9.53 Å². The molecule has 3 rings (SSSR count). The van der Waals surface area contributed by atoms with E-state index < -0.39 is 0 Å². The molecule has 1 fully saturated rings. The number of carbonyl (C=O) groups excluding carboxylic acids is 1. The summed E-state index contributed by atoms with van der Waals surface area (Å²) in [5.41, 5.74) is 0.628. The molecular weight excluding hydrogens is 344 g/mol. The number of nitrogens with zero attached hydrogens (tertiary/aromatic N) is 2. The fourth-order valence-corrected chi connectivity index (χ4v) is 4.21. The van der Waals surface area contributed by atoms with E-state index in [-0.39, 0.29) is 17.4 Å². The van der Waals surface area contributed by atoms with Crippen LogP contribution in [-0.4, -0.2) is 15.7 Å². The highest BCUT2D eigenvalue weighted by Crippen LogP contribution is 2.40. The summed E-state index contributed by atoms with van der Waals surface area (Å²) in [7, 11) is 0. The predicted octanol–water partition coefficient (Wildman–Crippen LogP) is 5.58. The standard InChI is InChI=1S/C21H28N2O2S/c1-15-18(26-17-13-9-6-10-14-17)19(23(22-15)21(2,3)4)25-20(24)16-11-7-5-8-12-16/h6,9-10,13-14,16H,5,7-8,11-12H2,1-4H3. The first-order valence-corrected chi connectivity index (χ1v) is 10.2. The first-order chi connectivity index (χ1) is 12.4. The van der Waals surface area contributed by atoms with Gasteiger partial charge in [0.1, 0.15) is 0 Å². The fourth-order valence-electron chi connectivity index (χ4n) is 3.28. The van der Waals surface area contributed by atoms with Crippen molar-refractivity contribution in [3.05, 3.63) is 36.0 Å². The smallest absolute Gasteiger partial charge is 0.315 e. The second-order valence-electron chi connectivity index (χ2n) is 7.97. The zero-order chi connectivity index (χ0) is 18.7. The number of hydrogen-bond acceptors (Lipinski definition) is 4. The first-order valence-electron chi connectivity index (χ1n) is 9.41. The SMILES string of the molecule is Cc1nn(C(C)(C)C)c(OC(=O)C2CCCCC2)c1Sc1ccccc1. The molecular formula is C21H28N2O2S. The van der Waals surface area contributed by atoms with Gasteiger partial charge in [0.2, 0.25) is 5.88 Å². The Labute approximate surface area is 160 Å². The van der Waals surface area contributed by atoms with Crippen molar-refractivity contribution in [1.82, 2.24) is 9.78 Å². The Morgan fingerprint density at radius 2 is 1.81 bits per heavy atom. The molecule has 0 N–H and O–H groups in total. The average molecular weight is 373 g/mol. The molecule has 0 amide bonds. The van der Waals surface area contributed by atoms with E-state index in [2.05, 4.69) is 32.9 Å². The molecule has 1 aromatic carbocycles. The van der Waals surface area contributed by atoms with Gasteiger partial charge in [0.05, 0.1) is 22.0 Å². The van der Waals surface area contributed by atoms with E-state index in [0.29, 0.717) is 5.88 Å². The van der Waals surface area contributed by atoms with Crippen molar-refractivity contribution in [3.8, 4) is 5.88 Å². The van der Waals surface area contributed by atoms with Gasteiger partial charge in [-0.15, -0.1) is 0 Å². The summed E-state index contributed by atoms with van der Waals surface area (Å²) in [5.74, 6) is 0.492. The lowest BCUT2D eigenvalue weighted by Crippen LogP contribution is -2.28. The molecule has 1 saturated carbocycles. The summed E-state index contributed by atoms with van der Waals surface area (Å²) in [4.78, 5) is 14.8. The number of aryl methyl sites for hydroxylation is 1. The Hall–Kier alpha value is -1.75. The van der Waals surface area contributed by atoms with Gasteiger partial charge in [-0.2, -0.15) is 5.10 Å². The van der Waals surface area contributed by atoms with Gasteiger partial charge < -0.3 is 4.74 Å². The Morgan fingerprint density at radius 3 is 2.42 bits per heavy atom. The van der Waals surface area contributed by atoms with E-state index in [9.17, 15) is 4.79 Å². The predicted molar refractivity (Wildman–Crippen MR) is 105 cm³/mol. The second kappa shape index (κ2) is 7.87. The Kier molecular flexibility index (Phi) is 5.76. The number of carbonyl (C=O) groups is 1. The number of aromatic nitrogens is 2. The summed E-state index contributed by atoms with van der Waals surface area (Å²) in [6.45, 7) is 8.21. The van der Waals surface area contributed by atoms with E-state index >= 15 is 0 Å². The zero-order valence-electron chi connectivity index (χ0n) is 16.1. The molecule has 0 atom stereocenters. The van der Waals surface area contributed by atoms with Crippen LogP contribution >= 0.6 is 11.8 Å². The minimum atomic E-state index is -0.261. The van der Waals surface area contributed by atoms with Crippen molar-refractivity contribution in [2.45, 2.75) is 75.1 Å². The molecule has 1 aromatic heterocycles. The molecule has 1 aliphatic carbocycles. The van der Waals surface area contributed by atoms with Crippen molar-refractivity contribution in [3.63, 3.8) is 0 Å². The summed E-state index contributed by atoms with van der Waals surface area (Å²) in [6.07, 6.45) is 5.31. The lowest BCUT2D eigenvalue weighted by molar-refractivity contribution is -0.140. The first kappa shape index (κ1) is 19.0. The van der Waals surface area contributed by atoms with E-state index in [1.807, 2.05) is 29.8 Å². The van der Waals surface area contributed by atoms with Gasteiger partial charge in [0.25, 0.3) is 0 Å². The van der Waals surface area contributed by atoms with E-state index in [1.54, 1.807) is 11.8 Å². The molecule has 140 valence electrons. The van der Waals surface area contributed by atoms with Gasteiger partial charge >= 0.3 is 5.97 Å². The van der Waals surface area contributed by atoms with Gasteiger partial charge in [-0.25, -0.2) is 4.68 Å². The maximum atomic E-state index is 12.8. The Balaban J connectivity index is 1.93. The maximum Gasteiger partial charge on any atom is 0.315 e. The summed E-state index contributed by atoms with van der Waals surface area (Å²) in [5, 5.41) is 4.69. The van der Waals surface area contributed by atoms with Crippen molar-refractivity contribution >= 4 is 17.7 Å². The van der Waals surface area contributed by atoms with Gasteiger partial charge in [-0.05, 0) is 52.7 Å². The van der Waals surface area contributed by atoms with E-state index in [4.69, 9.17) is 9.84 Å². The van der Waals surface area contributed by atoms with Crippen LogP contribution in [0.4, 0.5) is 0 Å². The second-order valence-corrected chi connectivity index (χ2v) is 9.06. The van der Waals surface area contributed by atoms with Gasteiger partial charge in [0, 0.05) is 4.90 Å². The molecule has 0 unspecified atom stereocenters. The quantitative estimate of drug-likeness (QED) is 0.657. The molecule has 0 radical (unpaired) electrons. The van der Waals surface area contributed by atoms with Gasteiger partial charge in [-0.1, -0.05) is 49.2 Å². The third-order valence-corrected chi connectivity index (χ3v) is 5.88. The number of hydrogen-bond donors (Lipinski definition) is 0. The molecule has 26 heavy (non-hydrogen) atoms.